The molecule has 0 radical (unpaired) electrons. The Morgan fingerprint density at radius 1 is 1.08 bits per heavy atom. The smallest absolute Gasteiger partial charge is 0.271 e. The molecule has 1 N–H and O–H groups in total. The molecule has 3 amide bonds. The Kier molecular flexibility index (Phi) is 3.57. The molecule has 1 atom stereocenters. The molecule has 2 aliphatic heterocycles. The minimum atomic E-state index is -1.34. The summed E-state index contributed by atoms with van der Waals surface area (Å²) in [4.78, 5) is 41.8. The van der Waals surface area contributed by atoms with Crippen LogP contribution in [0.2, 0.25) is 0 Å². The van der Waals surface area contributed by atoms with Crippen molar-refractivity contribution in [1.82, 2.24) is 4.90 Å². The molecule has 4 rings (SSSR count). The largest absolute Gasteiger partial charge is 0.322 e. The van der Waals surface area contributed by atoms with Gasteiger partial charge in [-0.2, -0.15) is 0 Å². The van der Waals surface area contributed by atoms with Crippen LogP contribution in [-0.4, -0.2) is 35.3 Å². The summed E-state index contributed by atoms with van der Waals surface area (Å²) in [6, 6.07) is 14.4. The van der Waals surface area contributed by atoms with Crippen molar-refractivity contribution in [3.63, 3.8) is 0 Å². The van der Waals surface area contributed by atoms with E-state index in [1.165, 1.54) is 9.80 Å². The first-order valence-electron chi connectivity index (χ1n) is 8.54. The van der Waals surface area contributed by atoms with Crippen molar-refractivity contribution in [1.29, 1.82) is 0 Å². The van der Waals surface area contributed by atoms with E-state index in [1.54, 1.807) is 31.3 Å². The summed E-state index contributed by atoms with van der Waals surface area (Å²) < 4.78 is 0. The monoisotopic (exact) mass is 349 g/mol. The van der Waals surface area contributed by atoms with E-state index in [4.69, 9.17) is 0 Å². The van der Waals surface area contributed by atoms with Crippen LogP contribution in [0.25, 0.3) is 0 Å². The Bertz CT molecular complexity index is 939. The van der Waals surface area contributed by atoms with Gasteiger partial charge in [0.15, 0.2) is 0 Å². The number of carbonyl (C=O) groups is 3. The van der Waals surface area contributed by atoms with Crippen LogP contribution in [0.15, 0.2) is 48.5 Å². The van der Waals surface area contributed by atoms with E-state index < -0.39 is 5.66 Å². The van der Waals surface area contributed by atoms with Crippen molar-refractivity contribution in [2.75, 3.05) is 17.3 Å². The van der Waals surface area contributed by atoms with E-state index in [-0.39, 0.29) is 30.6 Å². The lowest BCUT2D eigenvalue weighted by atomic mass is 9.96. The highest BCUT2D eigenvalue weighted by Crippen LogP contribution is 2.44. The Hall–Kier alpha value is -3.15. The number of amides is 3. The predicted octanol–water partition coefficient (Wildman–Crippen LogP) is 2.54. The second kappa shape index (κ2) is 5.69. The molecule has 2 aromatic carbocycles. The van der Waals surface area contributed by atoms with Crippen LogP contribution in [0, 0.1) is 6.92 Å². The van der Waals surface area contributed by atoms with Crippen LogP contribution in [0.5, 0.6) is 0 Å². The average molecular weight is 349 g/mol. The molecule has 1 saturated heterocycles. The average Bonchev–Trinajstić information content (AvgIpc) is 3.00. The van der Waals surface area contributed by atoms with E-state index in [0.717, 1.165) is 5.56 Å². The molecule has 0 aliphatic carbocycles. The van der Waals surface area contributed by atoms with Gasteiger partial charge in [-0.15, -0.1) is 0 Å². The van der Waals surface area contributed by atoms with Gasteiger partial charge in [-0.1, -0.05) is 30.3 Å². The summed E-state index contributed by atoms with van der Waals surface area (Å²) in [5, 5.41) is 2.92. The second-order valence-electron chi connectivity index (χ2n) is 6.70. The van der Waals surface area contributed by atoms with Crippen molar-refractivity contribution < 1.29 is 14.4 Å². The SMILES string of the molecule is Cc1ccccc1NC(=O)[C@]12CCC(=O)N1c1ccccc1C(=O)N2C. The molecule has 0 spiro atoms. The van der Waals surface area contributed by atoms with Gasteiger partial charge in [0.05, 0.1) is 11.3 Å². The van der Waals surface area contributed by atoms with Crippen LogP contribution >= 0.6 is 0 Å². The van der Waals surface area contributed by atoms with Crippen LogP contribution in [0.1, 0.15) is 28.8 Å². The Labute approximate surface area is 151 Å². The van der Waals surface area contributed by atoms with E-state index in [2.05, 4.69) is 5.32 Å². The number of hydrogen-bond acceptors (Lipinski definition) is 3. The predicted molar refractivity (Wildman–Crippen MR) is 97.8 cm³/mol. The molecule has 6 nitrogen and oxygen atoms in total. The number of benzene rings is 2. The Morgan fingerprint density at radius 3 is 2.54 bits per heavy atom. The highest BCUT2D eigenvalue weighted by atomic mass is 16.2. The van der Waals surface area contributed by atoms with Gasteiger partial charge in [0.25, 0.3) is 11.8 Å². The topological polar surface area (TPSA) is 69.7 Å². The molecule has 0 bridgehead atoms. The molecule has 2 heterocycles. The van der Waals surface area contributed by atoms with E-state index >= 15 is 0 Å². The molecular formula is C20H19N3O3. The number of fused-ring (bicyclic) bond motifs is 3. The molecule has 132 valence electrons. The molecule has 0 unspecified atom stereocenters. The van der Waals surface area contributed by atoms with E-state index in [9.17, 15) is 14.4 Å². The lowest BCUT2D eigenvalue weighted by Crippen LogP contribution is -2.68. The maximum absolute atomic E-state index is 13.3. The Balaban J connectivity index is 1.83. The molecule has 0 saturated carbocycles. The Morgan fingerprint density at radius 2 is 1.77 bits per heavy atom. The number of nitrogens with one attached hydrogen (secondary N) is 1. The summed E-state index contributed by atoms with van der Waals surface area (Å²) in [5.74, 6) is -0.786. The van der Waals surface area contributed by atoms with Gasteiger partial charge in [0.2, 0.25) is 11.6 Å². The number of para-hydroxylation sites is 2. The van der Waals surface area contributed by atoms with Crippen LogP contribution in [-0.2, 0) is 9.59 Å². The summed E-state index contributed by atoms with van der Waals surface area (Å²) in [5.41, 5.74) is 1.18. The van der Waals surface area contributed by atoms with Crippen LogP contribution < -0.4 is 10.2 Å². The lowest BCUT2D eigenvalue weighted by molar-refractivity contribution is -0.128. The fourth-order valence-electron chi connectivity index (χ4n) is 3.86. The first kappa shape index (κ1) is 16.3. The third-order valence-corrected chi connectivity index (χ3v) is 5.30. The minimum Gasteiger partial charge on any atom is -0.322 e. The number of hydrogen-bond donors (Lipinski definition) is 1. The minimum absolute atomic E-state index is 0.156. The molecule has 1 fully saturated rings. The van der Waals surface area contributed by atoms with Gasteiger partial charge in [0.1, 0.15) is 0 Å². The lowest BCUT2D eigenvalue weighted by Gasteiger charge is -2.47. The van der Waals surface area contributed by atoms with Crippen LogP contribution in [0.3, 0.4) is 0 Å². The summed E-state index contributed by atoms with van der Waals surface area (Å²) in [6.07, 6.45) is 0.479. The van der Waals surface area contributed by atoms with Crippen LogP contribution in [0.4, 0.5) is 11.4 Å². The highest BCUT2D eigenvalue weighted by Gasteiger charge is 2.59. The molecule has 2 aromatic rings. The zero-order valence-electron chi connectivity index (χ0n) is 14.7. The summed E-state index contributed by atoms with van der Waals surface area (Å²) >= 11 is 0. The zero-order valence-corrected chi connectivity index (χ0v) is 14.7. The third kappa shape index (κ3) is 2.08. The highest BCUT2D eigenvalue weighted by molar-refractivity contribution is 6.18. The number of rotatable bonds is 2. The van der Waals surface area contributed by atoms with Gasteiger partial charge in [-0.25, -0.2) is 0 Å². The van der Waals surface area contributed by atoms with Crippen molar-refractivity contribution in [2.24, 2.45) is 0 Å². The third-order valence-electron chi connectivity index (χ3n) is 5.30. The molecule has 0 aromatic heterocycles. The number of nitrogens with zero attached hydrogens (tertiary/aromatic N) is 2. The number of aryl methyl sites for hydroxylation is 1. The van der Waals surface area contributed by atoms with E-state index in [1.807, 2.05) is 31.2 Å². The fourth-order valence-corrected chi connectivity index (χ4v) is 3.86. The van der Waals surface area contributed by atoms with Crippen molar-refractivity contribution >= 4 is 29.1 Å². The fraction of sp³-hybridized carbons (Fsp3) is 0.250. The number of likely N-dealkylation sites (N-methyl/N-ethyl adjacent to an activating group) is 1. The summed E-state index contributed by atoms with van der Waals surface area (Å²) in [7, 11) is 1.58. The van der Waals surface area contributed by atoms with E-state index in [0.29, 0.717) is 16.9 Å². The van der Waals surface area contributed by atoms with Gasteiger partial charge in [-0.05, 0) is 30.7 Å². The standard InChI is InChI=1S/C20H19N3O3/c1-13-7-3-5-9-15(13)21-19(26)20-12-11-17(24)23(20)16-10-6-4-8-14(16)18(25)22(20)2/h3-10H,11-12H2,1-2H3,(H,21,26)/t20-/m0/s1. The van der Waals surface area contributed by atoms with Gasteiger partial charge < -0.3 is 10.2 Å². The van der Waals surface area contributed by atoms with Crippen molar-refractivity contribution in [2.45, 2.75) is 25.4 Å². The second-order valence-corrected chi connectivity index (χ2v) is 6.70. The molecule has 2 aliphatic rings. The van der Waals surface area contributed by atoms with Gasteiger partial charge in [0, 0.05) is 25.6 Å². The molecular weight excluding hydrogens is 330 g/mol. The van der Waals surface area contributed by atoms with Crippen molar-refractivity contribution in [3.8, 4) is 0 Å². The number of carbonyl (C=O) groups excluding carboxylic acids is 3. The quantitative estimate of drug-likeness (QED) is 0.906. The zero-order chi connectivity index (χ0) is 18.5. The first-order valence-corrected chi connectivity index (χ1v) is 8.54. The molecule has 26 heavy (non-hydrogen) atoms. The maximum Gasteiger partial charge on any atom is 0.271 e. The van der Waals surface area contributed by atoms with Gasteiger partial charge in [-0.3, -0.25) is 19.3 Å². The normalized spacial score (nSPS) is 21.5. The first-order chi connectivity index (χ1) is 12.5. The molecule has 6 heteroatoms. The maximum atomic E-state index is 13.3. The number of anilines is 2. The van der Waals surface area contributed by atoms with Gasteiger partial charge >= 0.3 is 0 Å². The van der Waals surface area contributed by atoms with Crippen molar-refractivity contribution in [3.05, 3.63) is 59.7 Å². The summed E-state index contributed by atoms with van der Waals surface area (Å²) in [6.45, 7) is 1.90.